The smallest absolute Gasteiger partial charge is 0.320 e. The molecule has 0 aliphatic heterocycles. The van der Waals surface area contributed by atoms with Gasteiger partial charge in [-0.25, -0.2) is 0 Å². The number of halogens is 15. The predicted octanol–water partition coefficient (Wildman–Crippen LogP) is 4.97. The molecule has 0 spiro atoms. The molecule has 0 amide bonds. The van der Waals surface area contributed by atoms with Crippen LogP contribution in [0.4, 0.5) is 65.9 Å². The molecule has 16 heteroatoms. The van der Waals surface area contributed by atoms with Crippen molar-refractivity contribution in [3.8, 4) is 0 Å². The Bertz CT molecular complexity index is 374. The zero-order valence-corrected chi connectivity index (χ0v) is 11.1. The lowest BCUT2D eigenvalue weighted by Crippen LogP contribution is -2.61. The van der Waals surface area contributed by atoms with Crippen LogP contribution in [0.5, 0.6) is 0 Å². The summed E-state index contributed by atoms with van der Waals surface area (Å²) in [5, 5.41) is 0. The van der Waals surface area contributed by atoms with Gasteiger partial charge in [-0.2, -0.15) is 65.9 Å². The molecule has 0 aliphatic carbocycles. The Kier molecular flexibility index (Phi) is 6.28. The number of nitrogens with two attached hydrogens (primary N) is 1. The van der Waals surface area contributed by atoms with Gasteiger partial charge in [0.1, 0.15) is 6.04 Å². The summed E-state index contributed by atoms with van der Waals surface area (Å²) in [6.07, 6.45) is -34.1. The molecule has 0 rings (SSSR count). The van der Waals surface area contributed by atoms with Gasteiger partial charge in [-0.1, -0.05) is 0 Å². The van der Waals surface area contributed by atoms with Crippen LogP contribution in [0, 0.1) is 17.8 Å². The van der Waals surface area contributed by atoms with E-state index in [-0.39, 0.29) is 0 Å². The van der Waals surface area contributed by atoms with Crippen molar-refractivity contribution in [1.29, 1.82) is 0 Å². The van der Waals surface area contributed by atoms with Gasteiger partial charge < -0.3 is 5.73 Å². The van der Waals surface area contributed by atoms with E-state index in [1.807, 2.05) is 0 Å². The van der Waals surface area contributed by atoms with Crippen LogP contribution in [0.25, 0.3) is 0 Å². The summed E-state index contributed by atoms with van der Waals surface area (Å²) in [5.74, 6) is -16.4. The van der Waals surface area contributed by atoms with E-state index >= 15 is 0 Å². The Balaban J connectivity index is 6.73. The van der Waals surface area contributed by atoms with Gasteiger partial charge in [-0.15, -0.1) is 0 Å². The van der Waals surface area contributed by atoms with Crippen molar-refractivity contribution in [3.63, 3.8) is 0 Å². The third kappa shape index (κ3) is 5.99. The lowest BCUT2D eigenvalue weighted by molar-refractivity contribution is -0.358. The monoisotopic (exact) mass is 413 g/mol. The van der Waals surface area contributed by atoms with Gasteiger partial charge in [0, 0.05) is 5.92 Å². The first-order valence-electron chi connectivity index (χ1n) is 5.61. The molecule has 0 bridgehead atoms. The summed E-state index contributed by atoms with van der Waals surface area (Å²) < 4.78 is 187. The average molecular weight is 413 g/mol. The third-order valence-corrected chi connectivity index (χ3v) is 2.97. The van der Waals surface area contributed by atoms with Gasteiger partial charge in [-0.05, 0) is 0 Å². The van der Waals surface area contributed by atoms with E-state index < -0.39 is 54.7 Å². The van der Waals surface area contributed by atoms with Gasteiger partial charge in [0.05, 0.1) is 0 Å². The Labute approximate surface area is 127 Å². The van der Waals surface area contributed by atoms with E-state index in [2.05, 4.69) is 5.73 Å². The second-order valence-electron chi connectivity index (χ2n) is 4.77. The van der Waals surface area contributed by atoms with Gasteiger partial charge in [0.25, 0.3) is 0 Å². The fourth-order valence-corrected chi connectivity index (χ4v) is 2.07. The summed E-state index contributed by atoms with van der Waals surface area (Å²) in [6.45, 7) is 0. The number of alkyl halides is 15. The number of hydrogen-bond donors (Lipinski definition) is 1. The lowest BCUT2D eigenvalue weighted by atomic mass is 9.74. The standard InChI is InChI=1S/C9H6F15N/c10-5(11,12)2(6(13,14)15)1(4(25)9(22,23)24)3(7(16,17)18)8(19,20)21/h1-4H,25H2. The summed E-state index contributed by atoms with van der Waals surface area (Å²) in [4.78, 5) is 0. The molecule has 0 saturated heterocycles. The van der Waals surface area contributed by atoms with Crippen LogP contribution in [0.2, 0.25) is 0 Å². The van der Waals surface area contributed by atoms with E-state index in [1.54, 1.807) is 0 Å². The zero-order chi connectivity index (χ0) is 20.8. The lowest BCUT2D eigenvalue weighted by Gasteiger charge is -2.40. The van der Waals surface area contributed by atoms with Crippen LogP contribution in [-0.2, 0) is 0 Å². The number of hydrogen-bond acceptors (Lipinski definition) is 1. The average Bonchev–Trinajstić information content (AvgIpc) is 2.17. The maximum Gasteiger partial charge on any atom is 0.403 e. The van der Waals surface area contributed by atoms with Crippen molar-refractivity contribution in [3.05, 3.63) is 0 Å². The largest absolute Gasteiger partial charge is 0.403 e. The molecule has 1 unspecified atom stereocenters. The minimum Gasteiger partial charge on any atom is -0.320 e. The highest BCUT2D eigenvalue weighted by molar-refractivity contribution is 4.99. The molecule has 0 aromatic heterocycles. The Morgan fingerprint density at radius 1 is 0.400 bits per heavy atom. The first-order valence-corrected chi connectivity index (χ1v) is 5.61. The van der Waals surface area contributed by atoms with Gasteiger partial charge in [0.15, 0.2) is 11.8 Å². The minimum atomic E-state index is -6.92. The molecular weight excluding hydrogens is 407 g/mol. The Morgan fingerprint density at radius 3 is 0.720 bits per heavy atom. The van der Waals surface area contributed by atoms with Crippen LogP contribution >= 0.6 is 0 Å². The van der Waals surface area contributed by atoms with Crippen molar-refractivity contribution in [2.24, 2.45) is 23.5 Å². The molecule has 0 aliphatic rings. The van der Waals surface area contributed by atoms with Crippen molar-refractivity contribution >= 4 is 0 Å². The van der Waals surface area contributed by atoms with Crippen LogP contribution in [-0.4, -0.2) is 36.9 Å². The SMILES string of the molecule is NC(C(C(C(F)(F)F)C(F)(F)F)C(C(F)(F)F)C(F)(F)F)C(F)(F)F. The fourth-order valence-electron chi connectivity index (χ4n) is 2.07. The van der Waals surface area contributed by atoms with Crippen molar-refractivity contribution in [2.75, 3.05) is 0 Å². The molecular formula is C9H6F15N. The molecule has 0 fully saturated rings. The van der Waals surface area contributed by atoms with Crippen LogP contribution in [0.1, 0.15) is 0 Å². The second-order valence-corrected chi connectivity index (χ2v) is 4.77. The Hall–Kier alpha value is -1.09. The van der Waals surface area contributed by atoms with Crippen molar-refractivity contribution < 1.29 is 65.9 Å². The van der Waals surface area contributed by atoms with Gasteiger partial charge >= 0.3 is 30.9 Å². The van der Waals surface area contributed by atoms with E-state index in [4.69, 9.17) is 0 Å². The van der Waals surface area contributed by atoms with Gasteiger partial charge in [0.2, 0.25) is 0 Å². The molecule has 0 saturated carbocycles. The van der Waals surface area contributed by atoms with E-state index in [1.165, 1.54) is 0 Å². The fraction of sp³-hybridized carbons (Fsp3) is 1.00. The van der Waals surface area contributed by atoms with E-state index in [0.29, 0.717) is 0 Å². The summed E-state index contributed by atoms with van der Waals surface area (Å²) in [6, 6.07) is -4.71. The normalized spacial score (nSPS) is 16.9. The zero-order valence-electron chi connectivity index (χ0n) is 11.1. The van der Waals surface area contributed by atoms with Crippen LogP contribution < -0.4 is 5.73 Å². The topological polar surface area (TPSA) is 26.0 Å². The first kappa shape index (κ1) is 23.9. The summed E-state index contributed by atoms with van der Waals surface area (Å²) in [5.41, 5.74) is 3.96. The molecule has 0 heterocycles. The highest BCUT2D eigenvalue weighted by Crippen LogP contribution is 2.55. The number of rotatable bonds is 3. The summed E-state index contributed by atoms with van der Waals surface area (Å²) >= 11 is 0. The third-order valence-electron chi connectivity index (χ3n) is 2.97. The highest BCUT2D eigenvalue weighted by Gasteiger charge is 2.73. The molecule has 0 aromatic carbocycles. The van der Waals surface area contributed by atoms with Crippen molar-refractivity contribution in [2.45, 2.75) is 36.9 Å². The van der Waals surface area contributed by atoms with Crippen molar-refractivity contribution in [1.82, 2.24) is 0 Å². The first-order chi connectivity index (χ1) is 10.5. The van der Waals surface area contributed by atoms with Crippen LogP contribution in [0.15, 0.2) is 0 Å². The summed E-state index contributed by atoms with van der Waals surface area (Å²) in [7, 11) is 0. The minimum absolute atomic E-state index is 3.96. The molecule has 0 radical (unpaired) electrons. The maximum absolute atomic E-state index is 12.5. The molecule has 0 aromatic rings. The van der Waals surface area contributed by atoms with E-state index in [0.717, 1.165) is 0 Å². The van der Waals surface area contributed by atoms with Crippen LogP contribution in [0.3, 0.4) is 0 Å². The quantitative estimate of drug-likeness (QED) is 0.650. The Morgan fingerprint density at radius 2 is 0.600 bits per heavy atom. The highest BCUT2D eigenvalue weighted by atomic mass is 19.4. The predicted molar refractivity (Wildman–Crippen MR) is 48.7 cm³/mol. The van der Waals surface area contributed by atoms with E-state index in [9.17, 15) is 65.9 Å². The molecule has 1 atom stereocenters. The molecule has 2 N–H and O–H groups in total. The second kappa shape index (κ2) is 6.57. The maximum atomic E-state index is 12.5. The van der Waals surface area contributed by atoms with Gasteiger partial charge in [-0.3, -0.25) is 0 Å². The molecule has 25 heavy (non-hydrogen) atoms. The molecule has 152 valence electrons. The molecule has 1 nitrogen and oxygen atoms in total.